The van der Waals surface area contributed by atoms with Gasteiger partial charge in [0, 0.05) is 59.7 Å². The Balaban J connectivity index is 1.24. The normalized spacial score (nSPS) is 22.2. The average molecular weight is 941 g/mol. The molecule has 0 unspecified atom stereocenters. The van der Waals surface area contributed by atoms with E-state index in [1.807, 2.05) is 70.5 Å². The van der Waals surface area contributed by atoms with Crippen molar-refractivity contribution in [2.75, 3.05) is 44.3 Å². The minimum atomic E-state index is -2.53. The summed E-state index contributed by atoms with van der Waals surface area (Å²) >= 11 is 0. The van der Waals surface area contributed by atoms with Gasteiger partial charge < -0.3 is 14.4 Å². The Morgan fingerprint density at radius 1 is 0.941 bits per heavy atom. The van der Waals surface area contributed by atoms with E-state index in [4.69, 9.17) is 24.4 Å². The fourth-order valence-corrected chi connectivity index (χ4v) is 16.8. The molecule has 0 N–H and O–H groups in total. The van der Waals surface area contributed by atoms with Crippen molar-refractivity contribution in [3.05, 3.63) is 119 Å². The van der Waals surface area contributed by atoms with E-state index in [-0.39, 0.29) is 80.0 Å². The zero-order chi connectivity index (χ0) is 49.3. The first-order valence-corrected chi connectivity index (χ1v) is 26.2. The highest BCUT2D eigenvalue weighted by Gasteiger charge is 2.50. The number of ether oxygens (including phenoxy) is 2. The van der Waals surface area contributed by atoms with Gasteiger partial charge in [0.05, 0.1) is 43.8 Å². The molecule has 8 nitrogen and oxygen atoms in total. The minimum absolute atomic E-state index is 0.0260. The second kappa shape index (κ2) is 18.3. The molecule has 3 saturated heterocycles. The molecule has 0 amide bonds. The fraction of sp³-hybridized carbons (Fsp3) is 0.418. The highest BCUT2D eigenvalue weighted by atomic mass is 28.3. The number of alkyl halides is 1. The molecule has 0 spiro atoms. The third-order valence-corrected chi connectivity index (χ3v) is 21.2. The summed E-state index contributed by atoms with van der Waals surface area (Å²) in [5.41, 5.74) is 4.81. The number of benzene rings is 4. The van der Waals surface area contributed by atoms with Gasteiger partial charge in [-0.25, -0.2) is 22.6 Å². The lowest BCUT2D eigenvalue weighted by Gasteiger charge is -2.38. The predicted molar refractivity (Wildman–Crippen MR) is 265 cm³/mol. The Hall–Kier alpha value is -5.68. The molecule has 2 aromatic heterocycles. The van der Waals surface area contributed by atoms with Crippen LogP contribution >= 0.6 is 0 Å². The average Bonchev–Trinajstić information content (AvgIpc) is 3.91. The van der Waals surface area contributed by atoms with Crippen molar-refractivity contribution in [1.82, 2.24) is 19.9 Å². The number of aromatic nitrogens is 3. The molecule has 4 fully saturated rings. The van der Waals surface area contributed by atoms with E-state index in [2.05, 4.69) is 58.0 Å². The number of anilines is 1. The van der Waals surface area contributed by atoms with Crippen molar-refractivity contribution < 1.29 is 29.8 Å². The zero-order valence-corrected chi connectivity index (χ0v) is 40.4. The number of nitrogens with zero attached hydrogens (tertiary/aromatic N) is 6. The summed E-state index contributed by atoms with van der Waals surface area (Å²) in [5, 5.41) is 0.645. The summed E-state index contributed by atoms with van der Waals surface area (Å²) in [6, 6.07) is 23.2. The molecule has 6 aromatic rings. The summed E-state index contributed by atoms with van der Waals surface area (Å²) in [6.45, 7) is 12.3. The lowest BCUT2D eigenvalue weighted by Crippen LogP contribution is -2.43. The van der Waals surface area contributed by atoms with Crippen molar-refractivity contribution in [1.29, 1.82) is 0 Å². The number of aliphatic imine (C=N–C) groups is 1. The maximum absolute atomic E-state index is 18.3. The van der Waals surface area contributed by atoms with Crippen LogP contribution in [0.15, 0.2) is 90.1 Å². The Kier molecular flexibility index (Phi) is 11.7. The molecular weight excluding hydrogens is 881 g/mol. The molecule has 0 radical (unpaired) electrons. The van der Waals surface area contributed by atoms with Gasteiger partial charge in [0.25, 0.3) is 0 Å². The van der Waals surface area contributed by atoms with Gasteiger partial charge in [-0.3, -0.25) is 9.88 Å². The SMILES string of the molecule is [2H]C([2H])(Oc1nc(N2CCOC[C@H]3C[C@H]32)c2cnc(-c3cc(N=C(c4ccccc4)c4ccccc4)cc4cc(F)c(F)c(C#C[Si](C(C)C)(C(C)C)C(C)C)c34)c(F)c2n1)[C@@]12CCCN1C[C@H](F)C2. The van der Waals surface area contributed by atoms with E-state index in [1.165, 1.54) is 6.20 Å². The summed E-state index contributed by atoms with van der Waals surface area (Å²) in [6.07, 6.45) is 2.04. The molecular formula is C55H58F4N6O2Si. The predicted octanol–water partition coefficient (Wildman–Crippen LogP) is 12.2. The summed E-state index contributed by atoms with van der Waals surface area (Å²) < 4.78 is 97.1. The number of rotatable bonds is 11. The number of halogens is 4. The second-order valence-corrected chi connectivity index (χ2v) is 25.5. The molecule has 4 aromatic carbocycles. The minimum Gasteiger partial charge on any atom is -0.461 e. The van der Waals surface area contributed by atoms with Crippen molar-refractivity contribution in [2.45, 2.75) is 102 Å². The van der Waals surface area contributed by atoms with Gasteiger partial charge in [-0.2, -0.15) is 9.97 Å². The van der Waals surface area contributed by atoms with Crippen LogP contribution in [0.4, 0.5) is 29.1 Å². The summed E-state index contributed by atoms with van der Waals surface area (Å²) in [5.74, 6) is 0.532. The molecule has 4 atom stereocenters. The smallest absolute Gasteiger partial charge is 0.319 e. The molecule has 5 heterocycles. The lowest BCUT2D eigenvalue weighted by atomic mass is 9.94. The van der Waals surface area contributed by atoms with Crippen LogP contribution in [0.5, 0.6) is 6.01 Å². The molecule has 1 saturated carbocycles. The fourth-order valence-electron chi connectivity index (χ4n) is 11.6. The van der Waals surface area contributed by atoms with E-state index in [9.17, 15) is 2.74 Å². The van der Waals surface area contributed by atoms with Crippen LogP contribution in [-0.4, -0.2) is 90.8 Å². The highest BCUT2D eigenvalue weighted by Crippen LogP contribution is 2.46. The molecule has 0 bridgehead atoms. The summed E-state index contributed by atoms with van der Waals surface area (Å²) in [7, 11) is -2.53. The molecule has 4 aliphatic rings. The van der Waals surface area contributed by atoms with Gasteiger partial charge >= 0.3 is 6.01 Å². The van der Waals surface area contributed by atoms with Gasteiger partial charge in [-0.15, -0.1) is 5.54 Å². The van der Waals surface area contributed by atoms with Crippen molar-refractivity contribution >= 4 is 47.0 Å². The van der Waals surface area contributed by atoms with Crippen LogP contribution in [0.3, 0.4) is 0 Å². The Bertz CT molecular complexity index is 3020. The number of hydrogen-bond acceptors (Lipinski definition) is 8. The van der Waals surface area contributed by atoms with Gasteiger partial charge in [0.15, 0.2) is 17.5 Å². The lowest BCUT2D eigenvalue weighted by molar-refractivity contribution is 0.107. The van der Waals surface area contributed by atoms with Crippen molar-refractivity contribution in [2.24, 2.45) is 10.9 Å². The Morgan fingerprint density at radius 2 is 1.65 bits per heavy atom. The summed E-state index contributed by atoms with van der Waals surface area (Å²) in [4.78, 5) is 23.2. The zero-order valence-electron chi connectivity index (χ0n) is 41.4. The quantitative estimate of drug-likeness (QED) is 0.0554. The highest BCUT2D eigenvalue weighted by molar-refractivity contribution is 6.90. The van der Waals surface area contributed by atoms with Crippen LogP contribution in [0.2, 0.25) is 16.6 Å². The van der Waals surface area contributed by atoms with Crippen LogP contribution in [0.25, 0.3) is 32.9 Å². The molecule has 13 heteroatoms. The topological polar surface area (TPSA) is 76.0 Å². The third kappa shape index (κ3) is 8.26. The van der Waals surface area contributed by atoms with E-state index in [0.717, 1.165) is 23.6 Å². The van der Waals surface area contributed by atoms with Crippen LogP contribution < -0.4 is 9.64 Å². The van der Waals surface area contributed by atoms with Gasteiger partial charge in [-0.05, 0) is 66.0 Å². The maximum Gasteiger partial charge on any atom is 0.319 e. The van der Waals surface area contributed by atoms with E-state index < -0.39 is 49.8 Å². The van der Waals surface area contributed by atoms with Crippen molar-refractivity contribution in [3.8, 4) is 28.7 Å². The monoisotopic (exact) mass is 940 g/mol. The second-order valence-electron chi connectivity index (χ2n) is 19.9. The first kappa shape index (κ1) is 43.6. The molecule has 68 heavy (non-hydrogen) atoms. The number of fused-ring (bicyclic) bond motifs is 4. The maximum atomic E-state index is 18.3. The first-order chi connectivity index (χ1) is 33.5. The third-order valence-electron chi connectivity index (χ3n) is 14.9. The van der Waals surface area contributed by atoms with E-state index in [0.29, 0.717) is 56.4 Å². The van der Waals surface area contributed by atoms with E-state index >= 15 is 17.6 Å². The first-order valence-electron chi connectivity index (χ1n) is 25.0. The van der Waals surface area contributed by atoms with Crippen LogP contribution in [-0.2, 0) is 4.74 Å². The van der Waals surface area contributed by atoms with Gasteiger partial charge in [0.2, 0.25) is 0 Å². The van der Waals surface area contributed by atoms with E-state index in [1.54, 1.807) is 12.1 Å². The molecule has 10 rings (SSSR count). The van der Waals surface area contributed by atoms with Crippen LogP contribution in [0.1, 0.15) is 86.7 Å². The number of pyridine rings is 1. The Morgan fingerprint density at radius 3 is 2.34 bits per heavy atom. The molecule has 352 valence electrons. The van der Waals surface area contributed by atoms with Gasteiger partial charge in [-0.1, -0.05) is 108 Å². The molecule has 1 aliphatic carbocycles. The largest absolute Gasteiger partial charge is 0.461 e. The van der Waals surface area contributed by atoms with Crippen molar-refractivity contribution in [3.63, 3.8) is 0 Å². The van der Waals surface area contributed by atoms with Crippen LogP contribution in [0, 0.1) is 34.8 Å². The van der Waals surface area contributed by atoms with Gasteiger partial charge in [0.1, 0.15) is 37.8 Å². The molecule has 3 aliphatic heterocycles. The number of hydrogen-bond donors (Lipinski definition) is 0. The Labute approximate surface area is 400 Å². The standard InChI is InChI=1S/C55H58F4N6O2Si/c1-33(2)68(34(3)4,35(5)6)23-18-42-47-38(25-45(57)48(42)58)24-41(61-50(36-14-9-7-10-15-36)37-16-11-8-12-17-37)27-43(47)51-49(59)52-44(29-60-51)53(65-21-22-66-31-39-26-46(39)65)63-54(62-52)67-32-55-19-13-20-64(55)30-40(56)28-55/h7-12,14-17,24-25,27,29,33-35,39-40,46H,13,19-22,26,28,30-32H2,1-6H3/t39-,40-,46-,55+/m1/s1/i32D2.